The predicted octanol–water partition coefficient (Wildman–Crippen LogP) is -0.497. The van der Waals surface area contributed by atoms with Gasteiger partial charge in [0.05, 0.1) is 18.9 Å². The van der Waals surface area contributed by atoms with Gasteiger partial charge < -0.3 is 14.7 Å². The summed E-state index contributed by atoms with van der Waals surface area (Å²) in [6.45, 7) is 2.54. The SMILES string of the molecule is CCCS(=O)(=O)N1CCCC1C(=O)N1CCOC(C(=O)O)C1. The van der Waals surface area contributed by atoms with Crippen molar-refractivity contribution < 1.29 is 27.9 Å². The second-order valence-corrected chi connectivity index (χ2v) is 7.61. The summed E-state index contributed by atoms with van der Waals surface area (Å²) in [7, 11) is -3.43. The van der Waals surface area contributed by atoms with Crippen LogP contribution in [0.15, 0.2) is 0 Å². The molecule has 0 aromatic heterocycles. The van der Waals surface area contributed by atoms with Crippen molar-refractivity contribution in [2.75, 3.05) is 32.0 Å². The van der Waals surface area contributed by atoms with E-state index in [9.17, 15) is 18.0 Å². The lowest BCUT2D eigenvalue weighted by Gasteiger charge is -2.34. The molecule has 2 unspecified atom stereocenters. The second-order valence-electron chi connectivity index (χ2n) is 5.57. The fraction of sp³-hybridized carbons (Fsp3) is 0.846. The van der Waals surface area contributed by atoms with Gasteiger partial charge in [0.15, 0.2) is 6.10 Å². The highest BCUT2D eigenvalue weighted by Gasteiger charge is 2.41. The minimum Gasteiger partial charge on any atom is -0.479 e. The molecule has 1 N–H and O–H groups in total. The van der Waals surface area contributed by atoms with Crippen molar-refractivity contribution in [2.45, 2.75) is 38.3 Å². The molecule has 2 atom stereocenters. The van der Waals surface area contributed by atoms with Crippen LogP contribution < -0.4 is 0 Å². The summed E-state index contributed by atoms with van der Waals surface area (Å²) in [5.74, 6) is -1.40. The molecule has 2 aliphatic heterocycles. The van der Waals surface area contributed by atoms with Crippen molar-refractivity contribution >= 4 is 21.9 Å². The van der Waals surface area contributed by atoms with Crippen molar-refractivity contribution in [1.29, 1.82) is 0 Å². The highest BCUT2D eigenvalue weighted by Crippen LogP contribution is 2.24. The van der Waals surface area contributed by atoms with Crippen LogP contribution in [0, 0.1) is 0 Å². The number of sulfonamides is 1. The molecule has 2 aliphatic rings. The Labute approximate surface area is 130 Å². The highest BCUT2D eigenvalue weighted by molar-refractivity contribution is 7.89. The molecule has 2 rings (SSSR count). The zero-order valence-corrected chi connectivity index (χ0v) is 13.4. The Morgan fingerprint density at radius 1 is 1.32 bits per heavy atom. The number of carboxylic acid groups (broad SMARTS) is 1. The first-order valence-electron chi connectivity index (χ1n) is 7.49. The molecule has 0 spiro atoms. The van der Waals surface area contributed by atoms with Crippen LogP contribution in [0.2, 0.25) is 0 Å². The van der Waals surface area contributed by atoms with Crippen LogP contribution in [0.25, 0.3) is 0 Å². The van der Waals surface area contributed by atoms with Gasteiger partial charge in [-0.1, -0.05) is 6.92 Å². The van der Waals surface area contributed by atoms with E-state index >= 15 is 0 Å². The summed E-state index contributed by atoms with van der Waals surface area (Å²) in [4.78, 5) is 25.0. The number of carboxylic acids is 1. The molecule has 126 valence electrons. The molecule has 1 amide bonds. The molecule has 0 bridgehead atoms. The monoisotopic (exact) mass is 334 g/mol. The number of morpholine rings is 1. The summed E-state index contributed by atoms with van der Waals surface area (Å²) in [5.41, 5.74) is 0. The number of rotatable bonds is 5. The number of carbonyl (C=O) groups excluding carboxylic acids is 1. The van der Waals surface area contributed by atoms with Gasteiger partial charge in [-0.2, -0.15) is 4.31 Å². The van der Waals surface area contributed by atoms with Crippen molar-refractivity contribution in [2.24, 2.45) is 0 Å². The van der Waals surface area contributed by atoms with Crippen LogP contribution >= 0.6 is 0 Å². The number of amides is 1. The largest absolute Gasteiger partial charge is 0.479 e. The van der Waals surface area contributed by atoms with Gasteiger partial charge >= 0.3 is 5.97 Å². The molecule has 0 aliphatic carbocycles. The average molecular weight is 334 g/mol. The molecule has 9 heteroatoms. The van der Waals surface area contributed by atoms with Crippen molar-refractivity contribution in [3.63, 3.8) is 0 Å². The Balaban J connectivity index is 2.09. The quantitative estimate of drug-likeness (QED) is 0.727. The lowest BCUT2D eigenvalue weighted by atomic mass is 10.1. The van der Waals surface area contributed by atoms with E-state index in [4.69, 9.17) is 9.84 Å². The van der Waals surface area contributed by atoms with Crippen LogP contribution in [-0.4, -0.2) is 78.7 Å². The third kappa shape index (κ3) is 3.58. The van der Waals surface area contributed by atoms with E-state index in [1.54, 1.807) is 6.92 Å². The highest BCUT2D eigenvalue weighted by atomic mass is 32.2. The van der Waals surface area contributed by atoms with E-state index in [1.165, 1.54) is 9.21 Å². The Morgan fingerprint density at radius 2 is 2.05 bits per heavy atom. The number of nitrogens with zero attached hydrogens (tertiary/aromatic N) is 2. The summed E-state index contributed by atoms with van der Waals surface area (Å²) >= 11 is 0. The third-order valence-corrected chi connectivity index (χ3v) is 6.04. The number of carbonyl (C=O) groups is 2. The number of ether oxygens (including phenoxy) is 1. The first-order chi connectivity index (χ1) is 10.4. The van der Waals surface area contributed by atoms with Crippen LogP contribution in [0.1, 0.15) is 26.2 Å². The first-order valence-corrected chi connectivity index (χ1v) is 9.10. The summed E-state index contributed by atoms with van der Waals surface area (Å²) in [6, 6.07) is -0.705. The Morgan fingerprint density at radius 3 is 2.68 bits per heavy atom. The van der Waals surface area contributed by atoms with Crippen LogP contribution in [-0.2, 0) is 24.3 Å². The maximum atomic E-state index is 12.6. The van der Waals surface area contributed by atoms with Gasteiger partial charge in [-0.25, -0.2) is 13.2 Å². The molecule has 8 nitrogen and oxygen atoms in total. The van der Waals surface area contributed by atoms with Crippen molar-refractivity contribution in [3.8, 4) is 0 Å². The summed E-state index contributed by atoms with van der Waals surface area (Å²) < 4.78 is 30.9. The van der Waals surface area contributed by atoms with Gasteiger partial charge in [0.1, 0.15) is 6.04 Å². The summed E-state index contributed by atoms with van der Waals surface area (Å²) in [5, 5.41) is 8.99. The second kappa shape index (κ2) is 6.93. The number of aliphatic carboxylic acids is 1. The predicted molar refractivity (Wildman–Crippen MR) is 77.8 cm³/mol. The van der Waals surface area contributed by atoms with E-state index in [-0.39, 0.29) is 24.8 Å². The summed E-state index contributed by atoms with van der Waals surface area (Å²) in [6.07, 6.45) is 0.584. The maximum Gasteiger partial charge on any atom is 0.334 e. The molecule has 0 radical (unpaired) electrons. The van der Waals surface area contributed by atoms with E-state index in [0.717, 1.165) is 0 Å². The van der Waals surface area contributed by atoms with Gasteiger partial charge in [-0.15, -0.1) is 0 Å². The minimum absolute atomic E-state index is 0.0254. The fourth-order valence-electron chi connectivity index (χ4n) is 2.90. The lowest BCUT2D eigenvalue weighted by Crippen LogP contribution is -2.54. The lowest BCUT2D eigenvalue weighted by molar-refractivity contribution is -0.160. The molecule has 2 fully saturated rings. The fourth-order valence-corrected chi connectivity index (χ4v) is 4.65. The molecule has 0 aromatic rings. The van der Waals surface area contributed by atoms with Crippen molar-refractivity contribution in [1.82, 2.24) is 9.21 Å². The molecule has 2 heterocycles. The van der Waals surface area contributed by atoms with Gasteiger partial charge in [0.25, 0.3) is 0 Å². The van der Waals surface area contributed by atoms with Crippen LogP contribution in [0.4, 0.5) is 0 Å². The maximum absolute atomic E-state index is 12.6. The topological polar surface area (TPSA) is 104 Å². The molecular weight excluding hydrogens is 312 g/mol. The Kier molecular flexibility index (Phi) is 5.41. The smallest absolute Gasteiger partial charge is 0.334 e. The molecule has 22 heavy (non-hydrogen) atoms. The molecule has 0 saturated carbocycles. The zero-order chi connectivity index (χ0) is 16.3. The molecule has 0 aromatic carbocycles. The molecular formula is C13H22N2O6S. The Hall–Kier alpha value is -1.19. The van der Waals surface area contributed by atoms with E-state index in [2.05, 4.69) is 0 Å². The number of hydrogen-bond acceptors (Lipinski definition) is 5. The van der Waals surface area contributed by atoms with Gasteiger partial charge in [-0.3, -0.25) is 4.79 Å². The zero-order valence-electron chi connectivity index (χ0n) is 12.6. The molecule has 2 saturated heterocycles. The van der Waals surface area contributed by atoms with Crippen LogP contribution in [0.3, 0.4) is 0 Å². The third-order valence-electron chi connectivity index (χ3n) is 3.96. The van der Waals surface area contributed by atoms with Crippen LogP contribution in [0.5, 0.6) is 0 Å². The number of hydrogen-bond donors (Lipinski definition) is 1. The van der Waals surface area contributed by atoms with Gasteiger partial charge in [0, 0.05) is 13.1 Å². The standard InChI is InChI=1S/C13H22N2O6S/c1-2-8-22(19,20)15-5-3-4-10(15)12(16)14-6-7-21-11(9-14)13(17)18/h10-11H,2-9H2,1H3,(H,17,18). The van der Waals surface area contributed by atoms with E-state index in [1.807, 2.05) is 0 Å². The first kappa shape index (κ1) is 17.2. The van der Waals surface area contributed by atoms with Gasteiger partial charge in [0.2, 0.25) is 15.9 Å². The Bertz CT molecular complexity index is 535. The normalized spacial score (nSPS) is 27.0. The van der Waals surface area contributed by atoms with E-state index < -0.39 is 28.1 Å². The average Bonchev–Trinajstić information content (AvgIpc) is 2.97. The van der Waals surface area contributed by atoms with E-state index in [0.29, 0.717) is 32.4 Å². The van der Waals surface area contributed by atoms with Gasteiger partial charge in [-0.05, 0) is 19.3 Å². The van der Waals surface area contributed by atoms with Crippen molar-refractivity contribution in [3.05, 3.63) is 0 Å². The minimum atomic E-state index is -3.43.